The molecule has 0 spiro atoms. The summed E-state index contributed by atoms with van der Waals surface area (Å²) >= 11 is 0. The fourth-order valence-corrected chi connectivity index (χ4v) is 3.60. The van der Waals surface area contributed by atoms with Gasteiger partial charge in [-0.1, -0.05) is 38.1 Å². The lowest BCUT2D eigenvalue weighted by molar-refractivity contribution is 0.224. The van der Waals surface area contributed by atoms with Crippen LogP contribution in [0.2, 0.25) is 0 Å². The quantitative estimate of drug-likeness (QED) is 0.855. The molecule has 2 N–H and O–H groups in total. The van der Waals surface area contributed by atoms with E-state index >= 15 is 0 Å². The number of benzene rings is 1. The summed E-state index contributed by atoms with van der Waals surface area (Å²) in [6.07, 6.45) is 8.00. The SMILES string of the molecule is CC1(C)CCC(c2ccc(C3(CN)CC3)cc2)CC1. The lowest BCUT2D eigenvalue weighted by Gasteiger charge is -2.34. The first-order valence-electron chi connectivity index (χ1n) is 7.85. The predicted octanol–water partition coefficient (Wildman–Crippen LogP) is 4.36. The summed E-state index contributed by atoms with van der Waals surface area (Å²) in [5, 5.41) is 0. The lowest BCUT2D eigenvalue weighted by Crippen LogP contribution is -2.21. The van der Waals surface area contributed by atoms with Crippen LogP contribution in [-0.4, -0.2) is 6.54 Å². The zero-order chi connectivity index (χ0) is 13.5. The third-order valence-electron chi connectivity index (χ3n) is 5.58. The molecule has 1 nitrogen and oxygen atoms in total. The number of hydrogen-bond donors (Lipinski definition) is 1. The second kappa shape index (κ2) is 4.63. The van der Waals surface area contributed by atoms with E-state index in [0.29, 0.717) is 10.8 Å². The highest BCUT2D eigenvalue weighted by atomic mass is 14.7. The normalized spacial score (nSPS) is 25.2. The second-order valence-electron chi connectivity index (χ2n) is 7.54. The molecule has 1 aromatic carbocycles. The van der Waals surface area contributed by atoms with Crippen molar-refractivity contribution in [2.45, 2.75) is 63.7 Å². The Kier molecular flexibility index (Phi) is 3.21. The summed E-state index contributed by atoms with van der Waals surface area (Å²) < 4.78 is 0. The van der Waals surface area contributed by atoms with Crippen LogP contribution in [-0.2, 0) is 5.41 Å². The molecule has 2 aliphatic rings. The highest BCUT2D eigenvalue weighted by Gasteiger charge is 2.42. The zero-order valence-corrected chi connectivity index (χ0v) is 12.4. The van der Waals surface area contributed by atoms with Crippen molar-refractivity contribution in [1.82, 2.24) is 0 Å². The molecule has 0 unspecified atom stereocenters. The summed E-state index contributed by atoms with van der Waals surface area (Å²) in [6.45, 7) is 5.62. The highest BCUT2D eigenvalue weighted by Crippen LogP contribution is 2.48. The molecule has 19 heavy (non-hydrogen) atoms. The molecule has 2 saturated carbocycles. The Hall–Kier alpha value is -0.820. The van der Waals surface area contributed by atoms with E-state index in [1.54, 1.807) is 5.56 Å². The molecular formula is C18H27N. The minimum atomic E-state index is 0.340. The van der Waals surface area contributed by atoms with Gasteiger partial charge >= 0.3 is 0 Å². The molecule has 2 fully saturated rings. The van der Waals surface area contributed by atoms with Gasteiger partial charge in [0.25, 0.3) is 0 Å². The van der Waals surface area contributed by atoms with Gasteiger partial charge in [0.15, 0.2) is 0 Å². The van der Waals surface area contributed by atoms with Crippen LogP contribution in [0.4, 0.5) is 0 Å². The van der Waals surface area contributed by atoms with Crippen molar-refractivity contribution in [2.24, 2.45) is 11.1 Å². The van der Waals surface area contributed by atoms with Gasteiger partial charge in [-0.2, -0.15) is 0 Å². The first-order chi connectivity index (χ1) is 9.05. The first kappa shape index (κ1) is 13.2. The molecule has 0 saturated heterocycles. The van der Waals surface area contributed by atoms with Crippen molar-refractivity contribution in [1.29, 1.82) is 0 Å². The van der Waals surface area contributed by atoms with Crippen LogP contribution >= 0.6 is 0 Å². The third-order valence-corrected chi connectivity index (χ3v) is 5.58. The van der Waals surface area contributed by atoms with Crippen LogP contribution in [0.1, 0.15) is 69.4 Å². The maximum atomic E-state index is 5.91. The van der Waals surface area contributed by atoms with Crippen LogP contribution in [0.5, 0.6) is 0 Å². The van der Waals surface area contributed by atoms with E-state index < -0.39 is 0 Å². The Morgan fingerprint density at radius 2 is 1.58 bits per heavy atom. The molecule has 0 radical (unpaired) electrons. The Morgan fingerprint density at radius 3 is 2.05 bits per heavy atom. The molecule has 1 heteroatoms. The smallest absolute Gasteiger partial charge is 0.00762 e. The summed E-state index contributed by atoms with van der Waals surface area (Å²) in [7, 11) is 0. The topological polar surface area (TPSA) is 26.0 Å². The highest BCUT2D eigenvalue weighted by molar-refractivity contribution is 5.35. The Balaban J connectivity index is 1.70. The van der Waals surface area contributed by atoms with Gasteiger partial charge in [-0.15, -0.1) is 0 Å². The molecule has 0 atom stereocenters. The van der Waals surface area contributed by atoms with Crippen molar-refractivity contribution < 1.29 is 0 Å². The van der Waals surface area contributed by atoms with Crippen LogP contribution in [0, 0.1) is 5.41 Å². The monoisotopic (exact) mass is 257 g/mol. The van der Waals surface area contributed by atoms with E-state index in [0.717, 1.165) is 12.5 Å². The van der Waals surface area contributed by atoms with Crippen molar-refractivity contribution in [3.05, 3.63) is 35.4 Å². The molecule has 1 aromatic rings. The standard InChI is InChI=1S/C18H27N/c1-17(2)9-7-15(8-10-17)14-3-5-16(6-4-14)18(13-19)11-12-18/h3-6,15H,7-13,19H2,1-2H3. The second-order valence-corrected chi connectivity index (χ2v) is 7.54. The van der Waals surface area contributed by atoms with Gasteiger partial charge in [-0.3, -0.25) is 0 Å². The van der Waals surface area contributed by atoms with Crippen molar-refractivity contribution in [3.8, 4) is 0 Å². The maximum Gasteiger partial charge on any atom is 0.00762 e. The molecule has 0 aliphatic heterocycles. The summed E-state index contributed by atoms with van der Waals surface area (Å²) in [6, 6.07) is 9.42. The maximum absolute atomic E-state index is 5.91. The van der Waals surface area contributed by atoms with Crippen molar-refractivity contribution in [2.75, 3.05) is 6.54 Å². The molecule has 0 amide bonds. The summed E-state index contributed by atoms with van der Waals surface area (Å²) in [4.78, 5) is 0. The van der Waals surface area contributed by atoms with Crippen LogP contribution in [0.15, 0.2) is 24.3 Å². The van der Waals surface area contributed by atoms with Gasteiger partial charge in [0.1, 0.15) is 0 Å². The number of hydrogen-bond acceptors (Lipinski definition) is 1. The fourth-order valence-electron chi connectivity index (χ4n) is 3.60. The Bertz CT molecular complexity index is 429. The number of nitrogens with two attached hydrogens (primary N) is 1. The number of rotatable bonds is 3. The van der Waals surface area contributed by atoms with E-state index in [-0.39, 0.29) is 0 Å². The van der Waals surface area contributed by atoms with E-state index in [1.807, 2.05) is 0 Å². The predicted molar refractivity (Wildman–Crippen MR) is 81.4 cm³/mol. The van der Waals surface area contributed by atoms with Gasteiger partial charge in [0, 0.05) is 12.0 Å². The van der Waals surface area contributed by atoms with Crippen LogP contribution in [0.25, 0.3) is 0 Å². The average Bonchev–Trinajstić information content (AvgIpc) is 3.20. The molecule has 0 aromatic heterocycles. The van der Waals surface area contributed by atoms with Crippen LogP contribution in [0.3, 0.4) is 0 Å². The lowest BCUT2D eigenvalue weighted by atomic mass is 9.71. The molecular weight excluding hydrogens is 230 g/mol. The zero-order valence-electron chi connectivity index (χ0n) is 12.4. The molecule has 104 valence electrons. The molecule has 2 aliphatic carbocycles. The van der Waals surface area contributed by atoms with Gasteiger partial charge in [0.2, 0.25) is 0 Å². The van der Waals surface area contributed by atoms with E-state index in [9.17, 15) is 0 Å². The molecule has 3 rings (SSSR count). The molecule has 0 heterocycles. The Morgan fingerprint density at radius 1 is 1.00 bits per heavy atom. The van der Waals surface area contributed by atoms with Gasteiger partial charge in [-0.25, -0.2) is 0 Å². The third kappa shape index (κ3) is 2.58. The van der Waals surface area contributed by atoms with Gasteiger partial charge in [-0.05, 0) is 61.0 Å². The van der Waals surface area contributed by atoms with Crippen molar-refractivity contribution >= 4 is 0 Å². The molecule has 0 bridgehead atoms. The first-order valence-corrected chi connectivity index (χ1v) is 7.85. The fraction of sp³-hybridized carbons (Fsp3) is 0.667. The largest absolute Gasteiger partial charge is 0.330 e. The minimum absolute atomic E-state index is 0.340. The van der Waals surface area contributed by atoms with Gasteiger partial charge < -0.3 is 5.73 Å². The van der Waals surface area contributed by atoms with Crippen LogP contribution < -0.4 is 5.73 Å². The summed E-state index contributed by atoms with van der Waals surface area (Å²) in [5.74, 6) is 0.787. The Labute approximate surface area is 117 Å². The van der Waals surface area contributed by atoms with Gasteiger partial charge in [0.05, 0.1) is 0 Å². The average molecular weight is 257 g/mol. The minimum Gasteiger partial charge on any atom is -0.330 e. The summed E-state index contributed by atoms with van der Waals surface area (Å²) in [5.41, 5.74) is 9.83. The van der Waals surface area contributed by atoms with E-state index in [4.69, 9.17) is 5.73 Å². The van der Waals surface area contributed by atoms with E-state index in [2.05, 4.69) is 38.1 Å². The van der Waals surface area contributed by atoms with E-state index in [1.165, 1.54) is 44.1 Å². The van der Waals surface area contributed by atoms with Crippen molar-refractivity contribution in [3.63, 3.8) is 0 Å².